The zero-order valence-electron chi connectivity index (χ0n) is 14.9. The highest BCUT2D eigenvalue weighted by Gasteiger charge is 2.17. The van der Waals surface area contributed by atoms with Gasteiger partial charge in [-0.05, 0) is 36.8 Å². The van der Waals surface area contributed by atoms with Crippen molar-refractivity contribution in [1.29, 1.82) is 5.26 Å². The Bertz CT molecular complexity index is 1080. The number of ether oxygens (including phenoxy) is 2. The first-order chi connectivity index (χ1) is 13.5. The van der Waals surface area contributed by atoms with Crippen molar-refractivity contribution in [3.8, 4) is 17.6 Å². The van der Waals surface area contributed by atoms with Crippen molar-refractivity contribution in [1.82, 2.24) is 4.98 Å². The van der Waals surface area contributed by atoms with Gasteiger partial charge >= 0.3 is 6.61 Å². The van der Waals surface area contributed by atoms with Gasteiger partial charge in [-0.1, -0.05) is 24.3 Å². The van der Waals surface area contributed by atoms with E-state index in [1.165, 1.54) is 24.3 Å². The number of para-hydroxylation sites is 1. The molecule has 0 aliphatic heterocycles. The second-order valence-electron chi connectivity index (χ2n) is 5.76. The molecule has 0 bridgehead atoms. The van der Waals surface area contributed by atoms with Crippen LogP contribution in [0.4, 0.5) is 8.78 Å². The maximum Gasteiger partial charge on any atom is 0.387 e. The standard InChI is InChI=1S/C21H16F2N2O3/c1-2-27-19-10-13(7-8-18(19)28-21(22)23)9-14(11-24)20(26)16-12-25-17-6-4-3-5-15(16)17/h3-10,12,21,25H,2H2,1H3/b14-9+. The second kappa shape index (κ2) is 8.35. The largest absolute Gasteiger partial charge is 0.490 e. The first-order valence-corrected chi connectivity index (χ1v) is 8.47. The van der Waals surface area contributed by atoms with Gasteiger partial charge in [0, 0.05) is 22.7 Å². The summed E-state index contributed by atoms with van der Waals surface area (Å²) in [6.45, 7) is -1.04. The van der Waals surface area contributed by atoms with E-state index in [4.69, 9.17) is 4.74 Å². The van der Waals surface area contributed by atoms with Gasteiger partial charge in [-0.2, -0.15) is 14.0 Å². The van der Waals surface area contributed by atoms with Crippen molar-refractivity contribution in [2.75, 3.05) is 6.61 Å². The molecular weight excluding hydrogens is 366 g/mol. The Morgan fingerprint density at radius 3 is 2.75 bits per heavy atom. The highest BCUT2D eigenvalue weighted by atomic mass is 19.3. The van der Waals surface area contributed by atoms with E-state index in [1.807, 2.05) is 18.2 Å². The van der Waals surface area contributed by atoms with Crippen LogP contribution in [0.25, 0.3) is 17.0 Å². The van der Waals surface area contributed by atoms with Crippen LogP contribution in [0.3, 0.4) is 0 Å². The molecule has 2 aromatic carbocycles. The molecule has 0 saturated carbocycles. The highest BCUT2D eigenvalue weighted by molar-refractivity contribution is 6.19. The number of hydrogen-bond acceptors (Lipinski definition) is 4. The van der Waals surface area contributed by atoms with Crippen molar-refractivity contribution in [2.24, 2.45) is 0 Å². The number of halogens is 2. The molecule has 7 heteroatoms. The predicted molar refractivity (Wildman–Crippen MR) is 100 cm³/mol. The average molecular weight is 382 g/mol. The minimum atomic E-state index is -2.99. The molecule has 0 unspecified atom stereocenters. The summed E-state index contributed by atoms with van der Waals surface area (Å²) >= 11 is 0. The lowest BCUT2D eigenvalue weighted by Crippen LogP contribution is -2.05. The summed E-state index contributed by atoms with van der Waals surface area (Å²) in [5, 5.41) is 10.2. The molecule has 0 aliphatic carbocycles. The summed E-state index contributed by atoms with van der Waals surface area (Å²) in [4.78, 5) is 15.8. The van der Waals surface area contributed by atoms with Crippen LogP contribution in [0.1, 0.15) is 22.8 Å². The number of nitrogens with zero attached hydrogens (tertiary/aromatic N) is 1. The fourth-order valence-electron chi connectivity index (χ4n) is 2.80. The van der Waals surface area contributed by atoms with E-state index < -0.39 is 12.4 Å². The van der Waals surface area contributed by atoms with Gasteiger partial charge in [0.05, 0.1) is 6.61 Å². The molecule has 1 N–H and O–H groups in total. The Hall–Kier alpha value is -3.66. The normalized spacial score (nSPS) is 11.5. The number of nitriles is 1. The van der Waals surface area contributed by atoms with Crippen LogP contribution in [0.2, 0.25) is 0 Å². The van der Waals surface area contributed by atoms with Crippen LogP contribution in [-0.2, 0) is 0 Å². The number of H-pyrrole nitrogens is 1. The summed E-state index contributed by atoms with van der Waals surface area (Å²) in [5.74, 6) is -0.449. The first-order valence-electron chi connectivity index (χ1n) is 8.47. The molecule has 5 nitrogen and oxygen atoms in total. The van der Waals surface area contributed by atoms with Crippen LogP contribution in [0.15, 0.2) is 54.2 Å². The van der Waals surface area contributed by atoms with Gasteiger partial charge in [-0.25, -0.2) is 0 Å². The van der Waals surface area contributed by atoms with Gasteiger partial charge in [-0.3, -0.25) is 4.79 Å². The molecule has 0 spiro atoms. The van der Waals surface area contributed by atoms with Gasteiger partial charge < -0.3 is 14.5 Å². The smallest absolute Gasteiger partial charge is 0.387 e. The zero-order valence-corrected chi connectivity index (χ0v) is 14.9. The molecule has 0 aliphatic rings. The van der Waals surface area contributed by atoms with E-state index in [1.54, 1.807) is 25.3 Å². The number of fused-ring (bicyclic) bond motifs is 1. The lowest BCUT2D eigenvalue weighted by molar-refractivity contribution is -0.0514. The van der Waals surface area contributed by atoms with Gasteiger partial charge in [0.1, 0.15) is 11.6 Å². The number of rotatable bonds is 7. The summed E-state index contributed by atoms with van der Waals surface area (Å²) < 4.78 is 34.8. The Labute approximate surface area is 159 Å². The van der Waals surface area contributed by atoms with Crippen LogP contribution in [-0.4, -0.2) is 24.0 Å². The number of alkyl halides is 2. The van der Waals surface area contributed by atoms with Gasteiger partial charge in [0.15, 0.2) is 11.5 Å². The topological polar surface area (TPSA) is 75.1 Å². The number of Topliss-reactive ketones (excluding diaryl/α,β-unsaturated/α-hetero) is 1. The van der Waals surface area contributed by atoms with Crippen LogP contribution >= 0.6 is 0 Å². The second-order valence-corrected chi connectivity index (χ2v) is 5.76. The SMILES string of the molecule is CCOc1cc(/C=C(\C#N)C(=O)c2c[nH]c3ccccc23)ccc1OC(F)F. The number of hydrogen-bond donors (Lipinski definition) is 1. The number of ketones is 1. The van der Waals surface area contributed by atoms with E-state index in [0.717, 1.165) is 5.52 Å². The van der Waals surface area contributed by atoms with Gasteiger partial charge in [-0.15, -0.1) is 0 Å². The molecule has 3 aromatic rings. The summed E-state index contributed by atoms with van der Waals surface area (Å²) in [5.41, 5.74) is 1.53. The summed E-state index contributed by atoms with van der Waals surface area (Å²) in [6.07, 6.45) is 2.95. The average Bonchev–Trinajstić information content (AvgIpc) is 3.11. The number of aromatic nitrogens is 1. The molecule has 142 valence electrons. The molecule has 0 radical (unpaired) electrons. The minimum Gasteiger partial charge on any atom is -0.490 e. The highest BCUT2D eigenvalue weighted by Crippen LogP contribution is 2.31. The molecule has 3 rings (SSSR count). The Morgan fingerprint density at radius 1 is 1.25 bits per heavy atom. The lowest BCUT2D eigenvalue weighted by atomic mass is 10.0. The third-order valence-electron chi connectivity index (χ3n) is 3.99. The number of nitrogens with one attached hydrogen (secondary N) is 1. The van der Waals surface area contributed by atoms with Crippen LogP contribution < -0.4 is 9.47 Å². The van der Waals surface area contributed by atoms with E-state index in [9.17, 15) is 18.8 Å². The van der Waals surface area contributed by atoms with Crippen molar-refractivity contribution in [3.05, 3.63) is 65.4 Å². The maximum atomic E-state index is 12.8. The molecule has 0 fully saturated rings. The number of allylic oxidation sites excluding steroid dienone is 1. The van der Waals surface area contributed by atoms with Crippen LogP contribution in [0, 0.1) is 11.3 Å². The Balaban J connectivity index is 1.97. The molecule has 1 heterocycles. The van der Waals surface area contributed by atoms with E-state index in [0.29, 0.717) is 16.5 Å². The van der Waals surface area contributed by atoms with E-state index in [2.05, 4.69) is 9.72 Å². The zero-order chi connectivity index (χ0) is 20.1. The van der Waals surface area contributed by atoms with Gasteiger partial charge in [0.25, 0.3) is 0 Å². The molecule has 0 amide bonds. The summed E-state index contributed by atoms with van der Waals surface area (Å²) in [7, 11) is 0. The lowest BCUT2D eigenvalue weighted by Gasteiger charge is -2.11. The quantitative estimate of drug-likeness (QED) is 0.356. The van der Waals surface area contributed by atoms with E-state index >= 15 is 0 Å². The van der Waals surface area contributed by atoms with Crippen molar-refractivity contribution in [2.45, 2.75) is 13.5 Å². The minimum absolute atomic E-state index is 0.0882. The molecular formula is C21H16F2N2O3. The van der Waals surface area contributed by atoms with Crippen molar-refractivity contribution in [3.63, 3.8) is 0 Å². The fraction of sp³-hybridized carbons (Fsp3) is 0.143. The monoisotopic (exact) mass is 382 g/mol. The number of aromatic amines is 1. The van der Waals surface area contributed by atoms with Crippen LogP contribution in [0.5, 0.6) is 11.5 Å². The number of carbonyl (C=O) groups excluding carboxylic acids is 1. The molecule has 1 aromatic heterocycles. The Kier molecular flexibility index (Phi) is 5.70. The van der Waals surface area contributed by atoms with Crippen molar-refractivity contribution < 1.29 is 23.0 Å². The number of benzene rings is 2. The fourth-order valence-corrected chi connectivity index (χ4v) is 2.80. The third-order valence-corrected chi connectivity index (χ3v) is 3.99. The number of carbonyl (C=O) groups is 1. The first kappa shape index (κ1) is 19.1. The molecule has 0 saturated heterocycles. The molecule has 28 heavy (non-hydrogen) atoms. The predicted octanol–water partition coefficient (Wildman–Crippen LogP) is 4.96. The molecule has 0 atom stereocenters. The summed E-state index contributed by atoms with van der Waals surface area (Å²) in [6, 6.07) is 13.4. The third kappa shape index (κ3) is 4.01. The maximum absolute atomic E-state index is 12.8. The van der Waals surface area contributed by atoms with Gasteiger partial charge in [0.2, 0.25) is 5.78 Å². The van der Waals surface area contributed by atoms with E-state index in [-0.39, 0.29) is 23.7 Å². The Morgan fingerprint density at radius 2 is 2.04 bits per heavy atom. The van der Waals surface area contributed by atoms with Crippen molar-refractivity contribution >= 4 is 22.8 Å².